The Morgan fingerprint density at radius 1 is 0.808 bits per heavy atom. The number of rotatable bonds is 10. The van der Waals surface area contributed by atoms with Crippen LogP contribution in [-0.4, -0.2) is 11.1 Å². The van der Waals surface area contributed by atoms with Gasteiger partial charge in [0.2, 0.25) is 0 Å². The fourth-order valence-corrected chi connectivity index (χ4v) is 5.34. The lowest BCUT2D eigenvalue weighted by atomic mass is 9.73. The van der Waals surface area contributed by atoms with Gasteiger partial charge in [0.15, 0.2) is 0 Å². The molecule has 2 nitrogen and oxygen atoms in total. The van der Waals surface area contributed by atoms with Crippen molar-refractivity contribution in [2.75, 3.05) is 0 Å². The third-order valence-electron chi connectivity index (χ3n) is 7.10. The number of unbranched alkanes of at least 4 members (excludes halogenated alkanes) is 2. The fourth-order valence-electron chi connectivity index (χ4n) is 5.34. The third kappa shape index (κ3) is 7.08. The van der Waals surface area contributed by atoms with E-state index in [1.807, 2.05) is 6.08 Å². The van der Waals surface area contributed by atoms with E-state index in [9.17, 15) is 9.90 Å². The quantitative estimate of drug-likeness (QED) is 0.325. The molecule has 0 heterocycles. The molecule has 0 aliphatic heterocycles. The minimum Gasteiger partial charge on any atom is -0.478 e. The number of allylic oxidation sites excluding steroid dienone is 1. The van der Waals surface area contributed by atoms with Crippen LogP contribution in [0.25, 0.3) is 0 Å². The molecule has 0 radical (unpaired) electrons. The molecule has 1 N–H and O–H groups in total. The van der Waals surface area contributed by atoms with Crippen molar-refractivity contribution in [2.45, 2.75) is 110 Å². The van der Waals surface area contributed by atoms with Crippen LogP contribution in [0.3, 0.4) is 0 Å². The summed E-state index contributed by atoms with van der Waals surface area (Å²) in [5.41, 5.74) is 0.714. The summed E-state index contributed by atoms with van der Waals surface area (Å²) in [6.07, 6.45) is 21.3. The van der Waals surface area contributed by atoms with E-state index in [4.69, 9.17) is 0 Å². The molecule has 2 heteroatoms. The molecule has 0 unspecified atom stereocenters. The molecule has 2 fully saturated rings. The molecule has 0 atom stereocenters. The van der Waals surface area contributed by atoms with Gasteiger partial charge >= 0.3 is 5.97 Å². The van der Waals surface area contributed by atoms with Crippen molar-refractivity contribution < 1.29 is 9.90 Å². The highest BCUT2D eigenvalue weighted by atomic mass is 16.4. The molecule has 0 spiro atoms. The number of carboxylic acid groups (broad SMARTS) is 1. The number of carboxylic acids is 1. The number of hydrogen-bond acceptors (Lipinski definition) is 1. The van der Waals surface area contributed by atoms with E-state index < -0.39 is 5.97 Å². The van der Waals surface area contributed by atoms with Crippen LogP contribution in [0.1, 0.15) is 110 Å². The summed E-state index contributed by atoms with van der Waals surface area (Å²) in [5, 5.41) is 9.56. The van der Waals surface area contributed by atoms with Gasteiger partial charge in [0.25, 0.3) is 0 Å². The van der Waals surface area contributed by atoms with Crippen LogP contribution in [-0.2, 0) is 4.79 Å². The summed E-state index contributed by atoms with van der Waals surface area (Å²) >= 11 is 0. The highest BCUT2D eigenvalue weighted by Crippen LogP contribution is 2.39. The van der Waals surface area contributed by atoms with Crippen molar-refractivity contribution in [3.05, 3.63) is 11.6 Å². The Balaban J connectivity index is 1.68. The SMILES string of the molecule is CCCCC=C(C(=O)O)[C@H]1CC[C@H](CC[C@H]2CC[C@H](CCC)CC2)CC1. The molecule has 0 amide bonds. The van der Waals surface area contributed by atoms with E-state index in [2.05, 4.69) is 13.8 Å². The minimum absolute atomic E-state index is 0.310. The predicted octanol–water partition coefficient (Wildman–Crippen LogP) is 7.38. The monoisotopic (exact) mass is 362 g/mol. The van der Waals surface area contributed by atoms with E-state index in [1.165, 1.54) is 64.2 Å². The second kappa shape index (κ2) is 11.8. The molecule has 0 bridgehead atoms. The maximum atomic E-state index is 11.6. The Morgan fingerprint density at radius 2 is 1.31 bits per heavy atom. The zero-order valence-corrected chi connectivity index (χ0v) is 17.3. The van der Waals surface area contributed by atoms with Crippen molar-refractivity contribution in [1.82, 2.24) is 0 Å². The van der Waals surface area contributed by atoms with E-state index >= 15 is 0 Å². The lowest BCUT2D eigenvalue weighted by molar-refractivity contribution is -0.133. The van der Waals surface area contributed by atoms with Crippen molar-refractivity contribution in [2.24, 2.45) is 23.7 Å². The Bertz CT molecular complexity index is 423. The third-order valence-corrected chi connectivity index (χ3v) is 7.10. The summed E-state index contributed by atoms with van der Waals surface area (Å²) < 4.78 is 0. The average Bonchev–Trinajstić information content (AvgIpc) is 2.65. The maximum absolute atomic E-state index is 11.6. The molecule has 26 heavy (non-hydrogen) atoms. The van der Waals surface area contributed by atoms with Gasteiger partial charge in [-0.15, -0.1) is 0 Å². The molecule has 2 aliphatic rings. The Labute approximate surface area is 161 Å². The highest BCUT2D eigenvalue weighted by molar-refractivity contribution is 5.87. The van der Waals surface area contributed by atoms with Gasteiger partial charge < -0.3 is 5.11 Å². The van der Waals surface area contributed by atoms with Gasteiger partial charge in [-0.3, -0.25) is 0 Å². The number of carbonyl (C=O) groups is 1. The smallest absolute Gasteiger partial charge is 0.331 e. The van der Waals surface area contributed by atoms with Crippen LogP contribution in [0, 0.1) is 23.7 Å². The van der Waals surface area contributed by atoms with E-state index in [0.717, 1.165) is 49.9 Å². The van der Waals surface area contributed by atoms with Crippen LogP contribution >= 0.6 is 0 Å². The summed E-state index contributed by atoms with van der Waals surface area (Å²) in [6.45, 7) is 4.48. The Morgan fingerprint density at radius 3 is 1.77 bits per heavy atom. The van der Waals surface area contributed by atoms with Crippen molar-refractivity contribution in [3.63, 3.8) is 0 Å². The van der Waals surface area contributed by atoms with Gasteiger partial charge in [-0.05, 0) is 55.8 Å². The van der Waals surface area contributed by atoms with E-state index in [-0.39, 0.29) is 0 Å². The fraction of sp³-hybridized carbons (Fsp3) is 0.875. The zero-order chi connectivity index (χ0) is 18.8. The standard InChI is InChI=1S/C24H42O2/c1-3-5-6-8-23(24(25)26)22-17-15-21(16-18-22)14-13-20-11-9-19(7-4-2)10-12-20/h8,19-22H,3-7,9-18H2,1-2H3,(H,25,26)/t19-,20-,21-,22-. The molecule has 0 saturated heterocycles. The first-order valence-corrected chi connectivity index (χ1v) is 11.6. The van der Waals surface area contributed by atoms with E-state index in [1.54, 1.807) is 0 Å². The largest absolute Gasteiger partial charge is 0.478 e. The second-order valence-electron chi connectivity index (χ2n) is 9.08. The molecular formula is C24H42O2. The van der Waals surface area contributed by atoms with Crippen molar-refractivity contribution in [3.8, 4) is 0 Å². The Kier molecular flexibility index (Phi) is 9.78. The van der Waals surface area contributed by atoms with Crippen LogP contribution in [0.4, 0.5) is 0 Å². The lowest BCUT2D eigenvalue weighted by Gasteiger charge is -2.32. The van der Waals surface area contributed by atoms with Gasteiger partial charge in [0.1, 0.15) is 0 Å². The molecule has 0 aromatic rings. The first-order valence-electron chi connectivity index (χ1n) is 11.6. The van der Waals surface area contributed by atoms with Gasteiger partial charge in [0.05, 0.1) is 0 Å². The van der Waals surface area contributed by atoms with Gasteiger partial charge in [0, 0.05) is 5.57 Å². The van der Waals surface area contributed by atoms with Crippen LogP contribution < -0.4 is 0 Å². The summed E-state index contributed by atoms with van der Waals surface area (Å²) in [6, 6.07) is 0. The summed E-state index contributed by atoms with van der Waals surface area (Å²) in [4.78, 5) is 11.6. The zero-order valence-electron chi connectivity index (χ0n) is 17.3. The van der Waals surface area contributed by atoms with Crippen LogP contribution in [0.15, 0.2) is 11.6 Å². The number of hydrogen-bond donors (Lipinski definition) is 1. The summed E-state index contributed by atoms with van der Waals surface area (Å²) in [7, 11) is 0. The predicted molar refractivity (Wildman–Crippen MR) is 110 cm³/mol. The van der Waals surface area contributed by atoms with Crippen LogP contribution in [0.5, 0.6) is 0 Å². The summed E-state index contributed by atoms with van der Waals surface area (Å²) in [5.74, 6) is 2.48. The topological polar surface area (TPSA) is 37.3 Å². The minimum atomic E-state index is -0.673. The molecule has 2 rings (SSSR count). The van der Waals surface area contributed by atoms with Crippen molar-refractivity contribution >= 4 is 5.97 Å². The normalized spacial score (nSPS) is 30.3. The molecule has 0 aromatic carbocycles. The Hall–Kier alpha value is -0.790. The average molecular weight is 363 g/mol. The van der Waals surface area contributed by atoms with E-state index in [0.29, 0.717) is 11.5 Å². The molecule has 2 aliphatic carbocycles. The van der Waals surface area contributed by atoms with Gasteiger partial charge in [-0.25, -0.2) is 4.79 Å². The first-order chi connectivity index (χ1) is 12.6. The van der Waals surface area contributed by atoms with Crippen molar-refractivity contribution in [1.29, 1.82) is 0 Å². The second-order valence-corrected chi connectivity index (χ2v) is 9.08. The van der Waals surface area contributed by atoms with Crippen LogP contribution in [0.2, 0.25) is 0 Å². The van der Waals surface area contributed by atoms with Gasteiger partial charge in [-0.2, -0.15) is 0 Å². The highest BCUT2D eigenvalue weighted by Gasteiger charge is 2.28. The molecule has 150 valence electrons. The first kappa shape index (κ1) is 21.5. The van der Waals surface area contributed by atoms with Gasteiger partial charge in [-0.1, -0.05) is 84.1 Å². The maximum Gasteiger partial charge on any atom is 0.331 e. The number of aliphatic carboxylic acids is 1. The molecular weight excluding hydrogens is 320 g/mol. The molecule has 2 saturated carbocycles. The molecule has 0 aromatic heterocycles. The lowest BCUT2D eigenvalue weighted by Crippen LogP contribution is -2.21.